The van der Waals surface area contributed by atoms with Gasteiger partial charge in [-0.2, -0.15) is 0 Å². The topological polar surface area (TPSA) is 54.2 Å². The molecule has 1 aliphatic rings. The average Bonchev–Trinajstić information content (AvgIpc) is 3.25. The zero-order chi connectivity index (χ0) is 25.9. The minimum Gasteiger partial charge on any atom is -0.371 e. The van der Waals surface area contributed by atoms with Crippen molar-refractivity contribution in [2.45, 2.75) is 91.5 Å². The number of nitrogens with zero attached hydrogens (tertiary/aromatic N) is 3. The van der Waals surface area contributed by atoms with E-state index in [1.54, 1.807) is 11.8 Å². The Kier molecular flexibility index (Phi) is 17.8. The largest absolute Gasteiger partial charge is 0.371 e. The van der Waals surface area contributed by atoms with Gasteiger partial charge in [-0.15, -0.1) is 5.10 Å². The van der Waals surface area contributed by atoms with E-state index in [-0.39, 0.29) is 0 Å². The summed E-state index contributed by atoms with van der Waals surface area (Å²) < 4.78 is 2.03. The number of aryl methyl sites for hydroxylation is 1. The van der Waals surface area contributed by atoms with Crippen molar-refractivity contribution in [2.75, 3.05) is 18.9 Å². The average molecular weight is 486 g/mol. The molecule has 0 saturated heterocycles. The van der Waals surface area contributed by atoms with E-state index in [1.807, 2.05) is 71.3 Å². The second-order valence-corrected chi connectivity index (χ2v) is 8.09. The molecule has 2 aromatic heterocycles. The van der Waals surface area contributed by atoms with Crippen LogP contribution in [0.25, 0.3) is 5.65 Å². The van der Waals surface area contributed by atoms with Crippen LogP contribution in [0.3, 0.4) is 0 Å². The number of benzene rings is 1. The molecular weight excluding hydrogens is 438 g/mol. The second kappa shape index (κ2) is 19.0. The zero-order valence-electron chi connectivity index (χ0n) is 23.1. The normalized spacial score (nSPS) is 11.5. The minimum absolute atomic E-state index is 0.875. The summed E-state index contributed by atoms with van der Waals surface area (Å²) in [4.78, 5) is 7.13. The maximum Gasteiger partial charge on any atom is 0.171 e. The van der Waals surface area contributed by atoms with Crippen molar-refractivity contribution in [3.63, 3.8) is 0 Å². The van der Waals surface area contributed by atoms with E-state index >= 15 is 0 Å². The summed E-state index contributed by atoms with van der Waals surface area (Å²) in [6.07, 6.45) is 6.23. The number of hydrogen-bond acceptors (Lipinski definition) is 5. The molecule has 0 bridgehead atoms. The molecule has 0 atom stereocenters. The Hall–Kier alpha value is -2.31. The number of anilines is 1. The van der Waals surface area contributed by atoms with E-state index in [0.29, 0.717) is 0 Å². The molecule has 1 aromatic carbocycles. The van der Waals surface area contributed by atoms with Crippen molar-refractivity contribution < 1.29 is 0 Å². The molecule has 0 radical (unpaired) electrons. The van der Waals surface area contributed by atoms with Gasteiger partial charge in [0.2, 0.25) is 0 Å². The van der Waals surface area contributed by atoms with Gasteiger partial charge in [0.05, 0.1) is 5.69 Å². The number of rotatable bonds is 3. The molecule has 6 heteroatoms. The van der Waals surface area contributed by atoms with Gasteiger partial charge in [-0.3, -0.25) is 0 Å². The molecule has 0 saturated carbocycles. The molecule has 3 heterocycles. The van der Waals surface area contributed by atoms with Crippen molar-refractivity contribution in [2.24, 2.45) is 0 Å². The predicted molar refractivity (Wildman–Crippen MR) is 152 cm³/mol. The highest BCUT2D eigenvalue weighted by atomic mass is 32.2. The summed E-state index contributed by atoms with van der Waals surface area (Å²) in [5.41, 5.74) is 4.60. The van der Waals surface area contributed by atoms with Crippen LogP contribution < -0.4 is 10.6 Å². The van der Waals surface area contributed by atoms with Gasteiger partial charge in [-0.1, -0.05) is 90.1 Å². The smallest absolute Gasteiger partial charge is 0.171 e. The predicted octanol–water partition coefficient (Wildman–Crippen LogP) is 7.93. The minimum atomic E-state index is 0.875. The SMILES string of the molecule is C/C=C\C.CC.CC.CCC.CNc1nn2c3c(c(C)nc2c1Sc1ccccc1)CNCC3. The van der Waals surface area contributed by atoms with E-state index in [0.717, 1.165) is 41.6 Å². The molecule has 0 amide bonds. The van der Waals surface area contributed by atoms with Crippen LogP contribution in [0.1, 0.15) is 78.8 Å². The quantitative estimate of drug-likeness (QED) is 0.369. The van der Waals surface area contributed by atoms with Crippen molar-refractivity contribution >= 4 is 23.2 Å². The van der Waals surface area contributed by atoms with Crippen LogP contribution in [-0.4, -0.2) is 28.2 Å². The number of fused-ring (bicyclic) bond motifs is 3. The van der Waals surface area contributed by atoms with Crippen LogP contribution in [0.4, 0.5) is 5.82 Å². The Morgan fingerprint density at radius 3 is 2.18 bits per heavy atom. The molecule has 0 fully saturated rings. The fourth-order valence-electron chi connectivity index (χ4n) is 3.01. The third-order valence-electron chi connectivity index (χ3n) is 4.51. The molecule has 0 aliphatic carbocycles. The van der Waals surface area contributed by atoms with Gasteiger partial charge in [-0.25, -0.2) is 9.50 Å². The summed E-state index contributed by atoms with van der Waals surface area (Å²) in [6, 6.07) is 10.4. The summed E-state index contributed by atoms with van der Waals surface area (Å²) in [5.74, 6) is 0.887. The maximum absolute atomic E-state index is 4.85. The Morgan fingerprint density at radius 1 is 1.06 bits per heavy atom. The molecule has 5 nitrogen and oxygen atoms in total. The first-order valence-corrected chi connectivity index (χ1v) is 13.5. The highest BCUT2D eigenvalue weighted by Gasteiger charge is 2.22. The molecule has 0 unspecified atom stereocenters. The van der Waals surface area contributed by atoms with Crippen LogP contribution in [0.5, 0.6) is 0 Å². The third-order valence-corrected chi connectivity index (χ3v) is 5.59. The van der Waals surface area contributed by atoms with Gasteiger partial charge in [0, 0.05) is 42.7 Å². The lowest BCUT2D eigenvalue weighted by Crippen LogP contribution is -2.27. The lowest BCUT2D eigenvalue weighted by molar-refractivity contribution is 0.605. The molecule has 4 rings (SSSR count). The fourth-order valence-corrected chi connectivity index (χ4v) is 4.01. The maximum atomic E-state index is 4.85. The van der Waals surface area contributed by atoms with Gasteiger partial charge in [-0.05, 0) is 32.9 Å². The van der Waals surface area contributed by atoms with Gasteiger partial charge in [0.25, 0.3) is 0 Å². The number of nitrogens with one attached hydrogen (secondary N) is 2. The zero-order valence-corrected chi connectivity index (χ0v) is 23.9. The van der Waals surface area contributed by atoms with Crippen LogP contribution in [0, 0.1) is 6.92 Å². The first-order valence-electron chi connectivity index (χ1n) is 12.7. The van der Waals surface area contributed by atoms with E-state index in [4.69, 9.17) is 10.1 Å². The summed E-state index contributed by atoms with van der Waals surface area (Å²) in [5, 5.41) is 11.4. The molecule has 0 spiro atoms. The Morgan fingerprint density at radius 2 is 1.65 bits per heavy atom. The molecule has 34 heavy (non-hydrogen) atoms. The van der Waals surface area contributed by atoms with E-state index in [2.05, 4.69) is 55.7 Å². The van der Waals surface area contributed by atoms with Crippen LogP contribution in [-0.2, 0) is 13.0 Å². The number of aromatic nitrogens is 3. The highest BCUT2D eigenvalue weighted by molar-refractivity contribution is 7.99. The monoisotopic (exact) mass is 485 g/mol. The van der Waals surface area contributed by atoms with Crippen molar-refractivity contribution in [3.05, 3.63) is 59.4 Å². The van der Waals surface area contributed by atoms with Crippen molar-refractivity contribution in [3.8, 4) is 0 Å². The second-order valence-electron chi connectivity index (χ2n) is 7.00. The van der Waals surface area contributed by atoms with Crippen LogP contribution >= 0.6 is 11.8 Å². The molecule has 2 N–H and O–H groups in total. The molecule has 1 aliphatic heterocycles. The van der Waals surface area contributed by atoms with Gasteiger partial charge in [0.1, 0.15) is 4.90 Å². The van der Waals surface area contributed by atoms with E-state index in [1.165, 1.54) is 22.6 Å². The van der Waals surface area contributed by atoms with E-state index < -0.39 is 0 Å². The van der Waals surface area contributed by atoms with Crippen LogP contribution in [0.15, 0.2) is 52.3 Å². The van der Waals surface area contributed by atoms with Crippen molar-refractivity contribution in [1.29, 1.82) is 0 Å². The van der Waals surface area contributed by atoms with Gasteiger partial charge >= 0.3 is 0 Å². The Bertz CT molecular complexity index is 945. The molecule has 3 aromatic rings. The fraction of sp³-hybridized carbons (Fsp3) is 0.500. The Balaban J connectivity index is 0.000000855. The first kappa shape index (κ1) is 31.7. The van der Waals surface area contributed by atoms with Crippen LogP contribution in [0.2, 0.25) is 0 Å². The first-order chi connectivity index (χ1) is 16.6. The van der Waals surface area contributed by atoms with E-state index in [9.17, 15) is 0 Å². The lowest BCUT2D eigenvalue weighted by atomic mass is 10.1. The number of hydrogen-bond donors (Lipinski definition) is 2. The lowest BCUT2D eigenvalue weighted by Gasteiger charge is -2.19. The van der Waals surface area contributed by atoms with Gasteiger partial charge in [0.15, 0.2) is 11.5 Å². The third kappa shape index (κ3) is 9.15. The highest BCUT2D eigenvalue weighted by Crippen LogP contribution is 2.37. The summed E-state index contributed by atoms with van der Waals surface area (Å²) in [7, 11) is 1.91. The standard InChI is InChI=1S/C17H19N5S.C4H8.C3H8.2C2H6/c1-11-13-10-19-9-8-14(13)22-17(20-11)15(16(18-2)21-22)23-12-6-4-3-5-7-12;1-3-4-2;1-3-2;2*1-2/h3-7,19H,8-10H2,1-2H3,(H,18,21);3-4H,1-2H3;3H2,1-2H3;2*1-2H3/b;4-3-;;;. The van der Waals surface area contributed by atoms with Crippen molar-refractivity contribution in [1.82, 2.24) is 19.9 Å². The molecular formula is C28H47N5S. The summed E-state index contributed by atoms with van der Waals surface area (Å²) in [6.45, 7) is 20.2. The Labute approximate surface area is 212 Å². The van der Waals surface area contributed by atoms with Gasteiger partial charge < -0.3 is 10.6 Å². The summed E-state index contributed by atoms with van der Waals surface area (Å²) >= 11 is 1.71. The number of allylic oxidation sites excluding steroid dienone is 2. The molecule has 190 valence electrons.